The summed E-state index contributed by atoms with van der Waals surface area (Å²) in [4.78, 5) is 11.6. The highest BCUT2D eigenvalue weighted by Crippen LogP contribution is 2.31. The Morgan fingerprint density at radius 1 is 1.22 bits per heavy atom. The van der Waals surface area contributed by atoms with E-state index in [1.807, 2.05) is 13.0 Å². The van der Waals surface area contributed by atoms with Gasteiger partial charge in [0.05, 0.1) is 9.64 Å². The smallest absolute Gasteiger partial charge is 0.184 e. The summed E-state index contributed by atoms with van der Waals surface area (Å²) in [7, 11) is -3.51. The lowest BCUT2D eigenvalue weighted by molar-refractivity contribution is -0.117. The molecule has 4 heteroatoms. The first-order valence-corrected chi connectivity index (χ1v) is 7.37. The van der Waals surface area contributed by atoms with Gasteiger partial charge >= 0.3 is 0 Å². The Hall–Kier alpha value is -1.16. The van der Waals surface area contributed by atoms with Gasteiger partial charge in [-0.15, -0.1) is 0 Å². The highest BCUT2D eigenvalue weighted by Gasteiger charge is 2.37. The molecule has 18 heavy (non-hydrogen) atoms. The van der Waals surface area contributed by atoms with E-state index in [0.717, 1.165) is 11.1 Å². The molecule has 0 amide bonds. The summed E-state index contributed by atoms with van der Waals surface area (Å²) in [5.41, 5.74) is 1.62. The second-order valence-corrected chi connectivity index (χ2v) is 7.96. The van der Waals surface area contributed by atoms with E-state index in [0.29, 0.717) is 4.90 Å². The minimum Gasteiger partial charge on any atom is -0.300 e. The zero-order chi connectivity index (χ0) is 14.1. The fourth-order valence-electron chi connectivity index (χ4n) is 1.99. The van der Waals surface area contributed by atoms with Gasteiger partial charge in [0.2, 0.25) is 0 Å². The van der Waals surface area contributed by atoms with Crippen molar-refractivity contribution in [2.24, 2.45) is 0 Å². The van der Waals surface area contributed by atoms with Gasteiger partial charge in [0.25, 0.3) is 0 Å². The van der Waals surface area contributed by atoms with Crippen LogP contribution in [-0.2, 0) is 14.6 Å². The van der Waals surface area contributed by atoms with E-state index >= 15 is 0 Å². The van der Waals surface area contributed by atoms with Gasteiger partial charge in [-0.2, -0.15) is 0 Å². The van der Waals surface area contributed by atoms with Crippen molar-refractivity contribution in [1.82, 2.24) is 0 Å². The molecule has 0 saturated heterocycles. The van der Waals surface area contributed by atoms with Crippen LogP contribution in [0.4, 0.5) is 0 Å². The molecule has 0 saturated carbocycles. The van der Waals surface area contributed by atoms with E-state index in [4.69, 9.17) is 0 Å². The van der Waals surface area contributed by atoms with E-state index in [9.17, 15) is 13.2 Å². The second-order valence-electron chi connectivity index (χ2n) is 5.41. The minimum absolute atomic E-state index is 0.0305. The number of sulfone groups is 1. The quantitative estimate of drug-likeness (QED) is 0.843. The molecule has 0 bridgehead atoms. The van der Waals surface area contributed by atoms with Crippen LogP contribution in [0.2, 0.25) is 0 Å². The maximum Gasteiger partial charge on any atom is 0.184 e. The van der Waals surface area contributed by atoms with Crippen LogP contribution in [0.5, 0.6) is 0 Å². The normalized spacial score (nSPS) is 12.5. The average Bonchev–Trinajstić information content (AvgIpc) is 2.19. The third-order valence-electron chi connectivity index (χ3n) is 3.04. The fourth-order valence-corrected chi connectivity index (χ4v) is 3.81. The van der Waals surface area contributed by atoms with Gasteiger partial charge in [0.15, 0.2) is 9.84 Å². The SMILES string of the molecule is CC(=O)CC(C)(C)S(=O)(=O)c1cc(C)ccc1C. The van der Waals surface area contributed by atoms with Gasteiger partial charge in [-0.1, -0.05) is 12.1 Å². The molecule has 3 nitrogen and oxygen atoms in total. The highest BCUT2D eigenvalue weighted by molar-refractivity contribution is 7.92. The monoisotopic (exact) mass is 268 g/mol. The molecule has 1 aromatic carbocycles. The van der Waals surface area contributed by atoms with Crippen LogP contribution in [-0.4, -0.2) is 18.9 Å². The van der Waals surface area contributed by atoms with Gasteiger partial charge < -0.3 is 0 Å². The van der Waals surface area contributed by atoms with Crippen LogP contribution in [0.3, 0.4) is 0 Å². The number of ketones is 1. The maximum absolute atomic E-state index is 12.6. The van der Waals surface area contributed by atoms with Crippen molar-refractivity contribution in [2.45, 2.75) is 50.7 Å². The molecule has 100 valence electrons. The first kappa shape index (κ1) is 14.9. The van der Waals surface area contributed by atoms with E-state index in [1.54, 1.807) is 32.9 Å². The molecule has 0 unspecified atom stereocenters. The largest absolute Gasteiger partial charge is 0.300 e. The Morgan fingerprint density at radius 2 is 1.78 bits per heavy atom. The molecule has 0 fully saturated rings. The van der Waals surface area contributed by atoms with E-state index in [1.165, 1.54) is 6.92 Å². The number of hydrogen-bond donors (Lipinski definition) is 0. The first-order chi connectivity index (χ1) is 8.08. The standard InChI is InChI=1S/C14H20O3S/c1-10-6-7-11(2)13(8-10)18(16,17)14(4,5)9-12(3)15/h6-8H,9H2,1-5H3. The van der Waals surface area contributed by atoms with E-state index in [2.05, 4.69) is 0 Å². The molecule has 0 heterocycles. The Kier molecular flexibility index (Phi) is 4.01. The molecule has 0 N–H and O–H groups in total. The Labute approximate surface area is 109 Å². The van der Waals surface area contributed by atoms with Crippen molar-refractivity contribution in [3.05, 3.63) is 29.3 Å². The van der Waals surface area contributed by atoms with Crippen molar-refractivity contribution in [3.8, 4) is 0 Å². The molecule has 0 atom stereocenters. The summed E-state index contributed by atoms with van der Waals surface area (Å²) in [5.74, 6) is -0.117. The summed E-state index contributed by atoms with van der Waals surface area (Å²) in [6.45, 7) is 8.25. The van der Waals surface area contributed by atoms with Gasteiger partial charge in [-0.3, -0.25) is 4.79 Å². The Bertz CT molecular complexity index is 569. The van der Waals surface area contributed by atoms with Gasteiger partial charge in [0, 0.05) is 6.42 Å². The zero-order valence-electron chi connectivity index (χ0n) is 11.6. The van der Waals surface area contributed by atoms with E-state index < -0.39 is 14.6 Å². The lowest BCUT2D eigenvalue weighted by atomic mass is 10.1. The lowest BCUT2D eigenvalue weighted by Gasteiger charge is -2.24. The minimum atomic E-state index is -3.51. The summed E-state index contributed by atoms with van der Waals surface area (Å²) < 4.78 is 24.1. The first-order valence-electron chi connectivity index (χ1n) is 5.89. The van der Waals surface area contributed by atoms with E-state index in [-0.39, 0.29) is 12.2 Å². The van der Waals surface area contributed by atoms with Crippen molar-refractivity contribution in [2.75, 3.05) is 0 Å². The van der Waals surface area contributed by atoms with Gasteiger partial charge in [0.1, 0.15) is 5.78 Å². The maximum atomic E-state index is 12.6. The number of Topliss-reactive ketones (excluding diaryl/α,β-unsaturated/α-hetero) is 1. The van der Waals surface area contributed by atoms with Crippen LogP contribution in [0, 0.1) is 13.8 Å². The lowest BCUT2D eigenvalue weighted by Crippen LogP contribution is -2.34. The highest BCUT2D eigenvalue weighted by atomic mass is 32.2. The number of aryl methyl sites for hydroxylation is 2. The molecular weight excluding hydrogens is 248 g/mol. The van der Waals surface area contributed by atoms with Crippen molar-refractivity contribution >= 4 is 15.6 Å². The molecule has 0 aliphatic rings. The Balaban J connectivity index is 3.37. The topological polar surface area (TPSA) is 51.2 Å². The van der Waals surface area contributed by atoms with Crippen molar-refractivity contribution in [3.63, 3.8) is 0 Å². The predicted molar refractivity (Wildman–Crippen MR) is 72.5 cm³/mol. The van der Waals surface area contributed by atoms with Gasteiger partial charge in [-0.25, -0.2) is 8.42 Å². The molecule has 0 aliphatic heterocycles. The van der Waals surface area contributed by atoms with Crippen LogP contribution in [0.25, 0.3) is 0 Å². The van der Waals surface area contributed by atoms with Crippen LogP contribution < -0.4 is 0 Å². The molecule has 0 aromatic heterocycles. The molecule has 1 rings (SSSR count). The van der Waals surface area contributed by atoms with Crippen LogP contribution in [0.1, 0.15) is 38.3 Å². The average molecular weight is 268 g/mol. The second kappa shape index (κ2) is 4.84. The summed E-state index contributed by atoms with van der Waals surface area (Å²) in [5, 5.41) is 0. The zero-order valence-corrected chi connectivity index (χ0v) is 12.4. The molecule has 0 aliphatic carbocycles. The molecule has 1 aromatic rings. The number of hydrogen-bond acceptors (Lipinski definition) is 3. The third-order valence-corrected chi connectivity index (χ3v) is 5.65. The summed E-state index contributed by atoms with van der Waals surface area (Å²) >= 11 is 0. The molecule has 0 radical (unpaired) electrons. The summed E-state index contributed by atoms with van der Waals surface area (Å²) in [6, 6.07) is 5.35. The predicted octanol–water partition coefficient (Wildman–Crippen LogP) is 2.83. The summed E-state index contributed by atoms with van der Waals surface area (Å²) in [6.07, 6.45) is 0.0305. The number of benzene rings is 1. The van der Waals surface area contributed by atoms with Crippen molar-refractivity contribution in [1.29, 1.82) is 0 Å². The fraction of sp³-hybridized carbons (Fsp3) is 0.500. The van der Waals surface area contributed by atoms with Crippen LogP contribution in [0.15, 0.2) is 23.1 Å². The van der Waals surface area contributed by atoms with Crippen LogP contribution >= 0.6 is 0 Å². The number of rotatable bonds is 4. The number of carbonyl (C=O) groups is 1. The molecule has 0 spiro atoms. The van der Waals surface area contributed by atoms with Crippen molar-refractivity contribution < 1.29 is 13.2 Å². The molecular formula is C14H20O3S. The van der Waals surface area contributed by atoms with Gasteiger partial charge in [-0.05, 0) is 51.8 Å². The third kappa shape index (κ3) is 2.80. The number of carbonyl (C=O) groups excluding carboxylic acids is 1. The Morgan fingerprint density at radius 3 is 2.28 bits per heavy atom.